The zero-order valence-corrected chi connectivity index (χ0v) is 21.5. The molecule has 4 rings (SSSR count). The molecule has 1 fully saturated rings. The highest BCUT2D eigenvalue weighted by molar-refractivity contribution is 5.59. The zero-order valence-electron chi connectivity index (χ0n) is 21.5. The Labute approximate surface area is 217 Å². The number of epoxide rings is 1. The van der Waals surface area contributed by atoms with Crippen LogP contribution in [0, 0.1) is 6.92 Å². The maximum absolute atomic E-state index is 9.98. The number of rotatable bonds is 13. The van der Waals surface area contributed by atoms with Crippen molar-refractivity contribution in [2.24, 2.45) is 0 Å². The van der Waals surface area contributed by atoms with Crippen LogP contribution in [0.5, 0.6) is 17.2 Å². The van der Waals surface area contributed by atoms with Crippen LogP contribution >= 0.6 is 0 Å². The van der Waals surface area contributed by atoms with Gasteiger partial charge in [0.05, 0.1) is 40.6 Å². The summed E-state index contributed by atoms with van der Waals surface area (Å²) in [4.78, 5) is 0. The number of methoxy groups -OCH3 is 2. The molecule has 3 aromatic carbocycles. The monoisotopic (exact) mass is 506 g/mol. The van der Waals surface area contributed by atoms with Gasteiger partial charge in [-0.25, -0.2) is 0 Å². The Morgan fingerprint density at radius 1 is 0.973 bits per heavy atom. The molecule has 0 radical (unpaired) electrons. The van der Waals surface area contributed by atoms with Crippen LogP contribution in [0.2, 0.25) is 0 Å². The molecule has 196 valence electrons. The molecule has 2 N–H and O–H groups in total. The van der Waals surface area contributed by atoms with Crippen LogP contribution in [0.25, 0.3) is 6.08 Å². The quantitative estimate of drug-likeness (QED) is 0.324. The largest absolute Gasteiger partial charge is 0.496 e. The van der Waals surface area contributed by atoms with Crippen molar-refractivity contribution in [1.82, 2.24) is 0 Å². The van der Waals surface area contributed by atoms with Gasteiger partial charge in [-0.2, -0.15) is 0 Å². The average molecular weight is 507 g/mol. The molecule has 7 heteroatoms. The lowest BCUT2D eigenvalue weighted by Gasteiger charge is -2.19. The Balaban J connectivity index is 1.46. The van der Waals surface area contributed by atoms with E-state index in [1.54, 1.807) is 14.2 Å². The van der Waals surface area contributed by atoms with Crippen molar-refractivity contribution in [3.63, 3.8) is 0 Å². The van der Waals surface area contributed by atoms with E-state index >= 15 is 0 Å². The third-order valence-corrected chi connectivity index (χ3v) is 6.36. The van der Waals surface area contributed by atoms with E-state index in [-0.39, 0.29) is 25.4 Å². The summed E-state index contributed by atoms with van der Waals surface area (Å²) in [7, 11) is 3.20. The van der Waals surface area contributed by atoms with Crippen LogP contribution in [0.15, 0.2) is 60.7 Å². The summed E-state index contributed by atoms with van der Waals surface area (Å²) in [5, 5.41) is 19.7. The van der Waals surface area contributed by atoms with Crippen LogP contribution in [0.1, 0.15) is 39.5 Å². The second-order valence-corrected chi connectivity index (χ2v) is 8.84. The van der Waals surface area contributed by atoms with Gasteiger partial charge in [0.15, 0.2) is 11.5 Å². The molecule has 0 bridgehead atoms. The standard InChI is InChI=1S/C30H34O7/c1-20-24(16-31)14-23(15-26(20)33-2)29(28-19-36-28)35-11-7-10-22-12-25(17-32)30(27(13-22)34-3)37-18-21-8-5-4-6-9-21/h4-10,12-15,28-29,31-32H,11,16-19H2,1-3H3/b10-7+/t28?,29-/m1/s1. The fourth-order valence-corrected chi connectivity index (χ4v) is 4.24. The third kappa shape index (κ3) is 6.70. The normalized spacial score (nSPS) is 15.5. The second-order valence-electron chi connectivity index (χ2n) is 8.84. The number of hydrogen-bond acceptors (Lipinski definition) is 7. The highest BCUT2D eigenvalue weighted by Crippen LogP contribution is 2.36. The number of benzene rings is 3. The third-order valence-electron chi connectivity index (χ3n) is 6.36. The van der Waals surface area contributed by atoms with Gasteiger partial charge in [-0.1, -0.05) is 48.6 Å². The van der Waals surface area contributed by atoms with Crippen LogP contribution < -0.4 is 14.2 Å². The summed E-state index contributed by atoms with van der Waals surface area (Å²) in [6.45, 7) is 3.02. The molecule has 0 spiro atoms. The van der Waals surface area contributed by atoms with Gasteiger partial charge in [0.25, 0.3) is 0 Å². The van der Waals surface area contributed by atoms with E-state index in [9.17, 15) is 10.2 Å². The lowest BCUT2D eigenvalue weighted by Crippen LogP contribution is -2.12. The SMILES string of the molecule is COc1cc([C@@H](OC/C=C/c2cc(CO)c(OCc3ccccc3)c(OC)c2)C2CO2)cc(CO)c1C. The minimum atomic E-state index is -0.277. The van der Waals surface area contributed by atoms with Gasteiger partial charge in [0.1, 0.15) is 24.6 Å². The van der Waals surface area contributed by atoms with Gasteiger partial charge in [-0.3, -0.25) is 0 Å². The van der Waals surface area contributed by atoms with Gasteiger partial charge in [-0.15, -0.1) is 0 Å². The van der Waals surface area contributed by atoms with Gasteiger partial charge in [0.2, 0.25) is 0 Å². The summed E-state index contributed by atoms with van der Waals surface area (Å²) in [6, 6.07) is 17.5. The van der Waals surface area contributed by atoms with Crippen molar-refractivity contribution in [2.45, 2.75) is 39.0 Å². The number of hydrogen-bond donors (Lipinski definition) is 2. The maximum Gasteiger partial charge on any atom is 0.167 e. The number of aliphatic hydroxyl groups excluding tert-OH is 2. The Bertz CT molecular complexity index is 1150. The smallest absolute Gasteiger partial charge is 0.167 e. The Morgan fingerprint density at radius 3 is 2.35 bits per heavy atom. The Morgan fingerprint density at radius 2 is 1.70 bits per heavy atom. The minimum Gasteiger partial charge on any atom is -0.496 e. The van der Waals surface area contributed by atoms with E-state index in [2.05, 4.69) is 0 Å². The molecule has 37 heavy (non-hydrogen) atoms. The minimum absolute atomic E-state index is 0.0329. The summed E-state index contributed by atoms with van der Waals surface area (Å²) >= 11 is 0. The maximum atomic E-state index is 9.98. The predicted octanol–water partition coefficient (Wildman–Crippen LogP) is 4.75. The second kappa shape index (κ2) is 12.7. The Kier molecular flexibility index (Phi) is 9.19. The highest BCUT2D eigenvalue weighted by atomic mass is 16.6. The van der Waals surface area contributed by atoms with Gasteiger partial charge in [-0.05, 0) is 52.9 Å². The van der Waals surface area contributed by atoms with E-state index in [0.29, 0.717) is 42.6 Å². The molecule has 3 aromatic rings. The first kappa shape index (κ1) is 26.7. The molecule has 1 heterocycles. The van der Waals surface area contributed by atoms with Crippen molar-refractivity contribution in [3.8, 4) is 17.2 Å². The molecule has 2 atom stereocenters. The van der Waals surface area contributed by atoms with Crippen LogP contribution in [0.4, 0.5) is 0 Å². The van der Waals surface area contributed by atoms with E-state index in [1.165, 1.54) is 0 Å². The van der Waals surface area contributed by atoms with E-state index in [0.717, 1.165) is 27.8 Å². The van der Waals surface area contributed by atoms with Crippen molar-refractivity contribution in [3.05, 3.63) is 94.1 Å². The van der Waals surface area contributed by atoms with Crippen molar-refractivity contribution >= 4 is 6.08 Å². The zero-order chi connectivity index (χ0) is 26.2. The summed E-state index contributed by atoms with van der Waals surface area (Å²) < 4.78 is 28.8. The van der Waals surface area contributed by atoms with Gasteiger partial charge >= 0.3 is 0 Å². The molecule has 7 nitrogen and oxygen atoms in total. The fourth-order valence-electron chi connectivity index (χ4n) is 4.24. The highest BCUT2D eigenvalue weighted by Gasteiger charge is 2.35. The summed E-state index contributed by atoms with van der Waals surface area (Å²) in [5.74, 6) is 1.79. The number of ether oxygens (including phenoxy) is 5. The topological polar surface area (TPSA) is 89.9 Å². The summed E-state index contributed by atoms with van der Waals surface area (Å²) in [6.07, 6.45) is 3.52. The molecule has 0 aromatic heterocycles. The van der Waals surface area contributed by atoms with Crippen molar-refractivity contribution in [2.75, 3.05) is 27.4 Å². The molecule has 1 saturated heterocycles. The molecule has 0 saturated carbocycles. The lowest BCUT2D eigenvalue weighted by molar-refractivity contribution is 0.0509. The Hall–Kier alpha value is -3.36. The van der Waals surface area contributed by atoms with Crippen LogP contribution in [-0.2, 0) is 29.3 Å². The van der Waals surface area contributed by atoms with Gasteiger partial charge in [0, 0.05) is 5.56 Å². The first-order valence-electron chi connectivity index (χ1n) is 12.2. The first-order chi connectivity index (χ1) is 18.1. The molecule has 1 unspecified atom stereocenters. The molecular weight excluding hydrogens is 472 g/mol. The summed E-state index contributed by atoms with van der Waals surface area (Å²) in [5.41, 5.74) is 5.15. The fraction of sp³-hybridized carbons (Fsp3) is 0.333. The van der Waals surface area contributed by atoms with E-state index in [1.807, 2.05) is 73.7 Å². The average Bonchev–Trinajstić information content (AvgIpc) is 3.78. The van der Waals surface area contributed by atoms with E-state index in [4.69, 9.17) is 23.7 Å². The van der Waals surface area contributed by atoms with Crippen molar-refractivity contribution < 1.29 is 33.9 Å². The predicted molar refractivity (Wildman–Crippen MR) is 141 cm³/mol. The van der Waals surface area contributed by atoms with E-state index < -0.39 is 0 Å². The molecular formula is C30H34O7. The molecule has 0 amide bonds. The molecule has 1 aliphatic heterocycles. The lowest BCUT2D eigenvalue weighted by atomic mass is 9.99. The number of aliphatic hydroxyl groups is 2. The van der Waals surface area contributed by atoms with Crippen LogP contribution in [-0.4, -0.2) is 43.8 Å². The molecule has 0 aliphatic carbocycles. The van der Waals surface area contributed by atoms with Crippen LogP contribution in [0.3, 0.4) is 0 Å². The first-order valence-corrected chi connectivity index (χ1v) is 12.2. The van der Waals surface area contributed by atoms with Crippen molar-refractivity contribution in [1.29, 1.82) is 0 Å². The van der Waals surface area contributed by atoms with Gasteiger partial charge < -0.3 is 33.9 Å². The molecule has 1 aliphatic rings.